The molecule has 0 aliphatic heterocycles. The van der Waals surface area contributed by atoms with Crippen LogP contribution in [0.3, 0.4) is 0 Å². The lowest BCUT2D eigenvalue weighted by Gasteiger charge is -2.20. The van der Waals surface area contributed by atoms with Gasteiger partial charge in [0.25, 0.3) is 0 Å². The maximum absolute atomic E-state index is 11.9. The summed E-state index contributed by atoms with van der Waals surface area (Å²) in [5.41, 5.74) is 5.99. The lowest BCUT2D eigenvalue weighted by Crippen LogP contribution is -2.42. The zero-order valence-corrected chi connectivity index (χ0v) is 10.7. The van der Waals surface area contributed by atoms with Crippen LogP contribution in [0.15, 0.2) is 0 Å². The molecule has 4 nitrogen and oxygen atoms in total. The Kier molecular flexibility index (Phi) is 5.98. The van der Waals surface area contributed by atoms with Crippen molar-refractivity contribution in [3.8, 4) is 0 Å². The molecule has 1 saturated carbocycles. The maximum Gasteiger partial charge on any atom is 0.224 e. The first-order valence-corrected chi connectivity index (χ1v) is 7.67. The quantitative estimate of drug-likeness (QED) is 0.705. The lowest BCUT2D eigenvalue weighted by molar-refractivity contribution is -0.125. The molecule has 3 unspecified atom stereocenters. The van der Waals surface area contributed by atoms with Crippen LogP contribution < -0.4 is 11.1 Å². The Labute approximate surface area is 99.8 Å². The summed E-state index contributed by atoms with van der Waals surface area (Å²) in [6, 6.07) is -0.00498. The van der Waals surface area contributed by atoms with Crippen LogP contribution in [0.1, 0.15) is 32.1 Å². The molecule has 0 radical (unpaired) electrons. The van der Waals surface area contributed by atoms with Crippen molar-refractivity contribution in [2.45, 2.75) is 38.1 Å². The third-order valence-electron chi connectivity index (χ3n) is 3.09. The fraction of sp³-hybridized carbons (Fsp3) is 0.909. The van der Waals surface area contributed by atoms with E-state index in [9.17, 15) is 9.00 Å². The molecular weight excluding hydrogens is 224 g/mol. The molecule has 1 amide bonds. The van der Waals surface area contributed by atoms with Crippen molar-refractivity contribution in [1.29, 1.82) is 0 Å². The van der Waals surface area contributed by atoms with E-state index in [1.165, 1.54) is 6.42 Å². The summed E-state index contributed by atoms with van der Waals surface area (Å²) in [4.78, 5) is 11.9. The molecule has 0 saturated heterocycles. The first kappa shape index (κ1) is 13.6. The summed E-state index contributed by atoms with van der Waals surface area (Å²) >= 11 is 0. The molecule has 0 heterocycles. The van der Waals surface area contributed by atoms with Gasteiger partial charge in [-0.1, -0.05) is 19.3 Å². The second kappa shape index (κ2) is 7.01. The minimum absolute atomic E-state index is 0.00498. The number of nitrogens with one attached hydrogen (secondary N) is 1. The van der Waals surface area contributed by atoms with Crippen LogP contribution >= 0.6 is 0 Å². The average molecular weight is 246 g/mol. The van der Waals surface area contributed by atoms with Crippen molar-refractivity contribution < 1.29 is 9.00 Å². The highest BCUT2D eigenvalue weighted by atomic mass is 32.2. The molecule has 0 bridgehead atoms. The molecule has 1 fully saturated rings. The van der Waals surface area contributed by atoms with Gasteiger partial charge in [0, 0.05) is 35.4 Å². The molecule has 16 heavy (non-hydrogen) atoms. The highest BCUT2D eigenvalue weighted by molar-refractivity contribution is 7.84. The number of nitrogens with two attached hydrogens (primary N) is 1. The minimum atomic E-state index is -0.845. The summed E-state index contributed by atoms with van der Waals surface area (Å²) in [6.07, 6.45) is 6.87. The van der Waals surface area contributed by atoms with Crippen LogP contribution in [0.25, 0.3) is 0 Å². The molecule has 0 aromatic heterocycles. The average Bonchev–Trinajstić information content (AvgIpc) is 2.42. The zero-order valence-electron chi connectivity index (χ0n) is 9.91. The zero-order chi connectivity index (χ0) is 12.0. The predicted molar refractivity (Wildman–Crippen MR) is 66.5 cm³/mol. The highest BCUT2D eigenvalue weighted by Gasteiger charge is 2.26. The number of carbonyl (C=O) groups is 1. The van der Waals surface area contributed by atoms with Gasteiger partial charge in [-0.2, -0.15) is 0 Å². The Balaban J connectivity index is 2.35. The number of hydrogen-bond donors (Lipinski definition) is 2. The van der Waals surface area contributed by atoms with E-state index in [4.69, 9.17) is 5.73 Å². The van der Waals surface area contributed by atoms with Gasteiger partial charge >= 0.3 is 0 Å². The van der Waals surface area contributed by atoms with Crippen molar-refractivity contribution in [2.24, 2.45) is 11.7 Å². The van der Waals surface area contributed by atoms with Crippen molar-refractivity contribution in [1.82, 2.24) is 5.32 Å². The second-order valence-corrected chi connectivity index (χ2v) is 6.03. The van der Waals surface area contributed by atoms with Crippen LogP contribution in [0, 0.1) is 5.92 Å². The van der Waals surface area contributed by atoms with Gasteiger partial charge < -0.3 is 11.1 Å². The van der Waals surface area contributed by atoms with E-state index >= 15 is 0 Å². The first-order valence-electron chi connectivity index (χ1n) is 5.94. The molecular formula is C11H22N2O2S. The van der Waals surface area contributed by atoms with Crippen molar-refractivity contribution in [3.05, 3.63) is 0 Å². The van der Waals surface area contributed by atoms with Gasteiger partial charge in [0.1, 0.15) is 0 Å². The summed E-state index contributed by atoms with van der Waals surface area (Å²) < 4.78 is 10.9. The molecule has 3 atom stereocenters. The third kappa shape index (κ3) is 4.61. The van der Waals surface area contributed by atoms with Gasteiger partial charge in [0.15, 0.2) is 0 Å². The van der Waals surface area contributed by atoms with E-state index in [2.05, 4.69) is 5.32 Å². The fourth-order valence-electron chi connectivity index (χ4n) is 2.11. The Morgan fingerprint density at radius 3 is 2.75 bits per heavy atom. The van der Waals surface area contributed by atoms with E-state index < -0.39 is 10.8 Å². The van der Waals surface area contributed by atoms with Crippen molar-refractivity contribution in [3.63, 3.8) is 0 Å². The van der Waals surface area contributed by atoms with Gasteiger partial charge in [-0.3, -0.25) is 9.00 Å². The smallest absolute Gasteiger partial charge is 0.224 e. The molecule has 94 valence electrons. The molecule has 3 N–H and O–H groups in total. The van der Waals surface area contributed by atoms with E-state index in [-0.39, 0.29) is 17.9 Å². The predicted octanol–water partition coefficient (Wildman–Crippen LogP) is 0.389. The van der Waals surface area contributed by atoms with E-state index in [1.54, 1.807) is 6.26 Å². The molecule has 0 aromatic rings. The number of rotatable bonds is 4. The summed E-state index contributed by atoms with van der Waals surface area (Å²) in [7, 11) is -0.845. The number of carbonyl (C=O) groups excluding carboxylic acids is 1. The summed E-state index contributed by atoms with van der Waals surface area (Å²) in [6.45, 7) is 0.491. The highest BCUT2D eigenvalue weighted by Crippen LogP contribution is 2.22. The van der Waals surface area contributed by atoms with Crippen LogP contribution in [0.2, 0.25) is 0 Å². The van der Waals surface area contributed by atoms with Crippen LogP contribution in [0.4, 0.5) is 0 Å². The van der Waals surface area contributed by atoms with Gasteiger partial charge in [-0.25, -0.2) is 0 Å². The molecule has 1 aliphatic carbocycles. The van der Waals surface area contributed by atoms with Gasteiger partial charge in [-0.15, -0.1) is 0 Å². The Morgan fingerprint density at radius 2 is 2.06 bits per heavy atom. The van der Waals surface area contributed by atoms with Gasteiger partial charge in [-0.05, 0) is 12.8 Å². The summed E-state index contributed by atoms with van der Waals surface area (Å²) in [5, 5.41) is 2.83. The van der Waals surface area contributed by atoms with Crippen LogP contribution in [0.5, 0.6) is 0 Å². The minimum Gasteiger partial charge on any atom is -0.355 e. The largest absolute Gasteiger partial charge is 0.355 e. The van der Waals surface area contributed by atoms with Gasteiger partial charge in [0.2, 0.25) is 5.91 Å². The topological polar surface area (TPSA) is 72.2 Å². The van der Waals surface area contributed by atoms with Crippen molar-refractivity contribution >= 4 is 16.7 Å². The van der Waals surface area contributed by atoms with E-state index in [1.807, 2.05) is 0 Å². The van der Waals surface area contributed by atoms with Crippen LogP contribution in [-0.4, -0.2) is 34.7 Å². The SMILES string of the molecule is CS(=O)CCNC(=O)C1CCCCCC1N. The molecule has 0 aromatic carbocycles. The standard InChI is InChI=1S/C11H22N2O2S/c1-16(15)8-7-13-11(14)9-5-3-2-4-6-10(9)12/h9-10H,2-8,12H2,1H3,(H,13,14). The molecule has 1 aliphatic rings. The van der Waals surface area contributed by atoms with Gasteiger partial charge in [0.05, 0.1) is 5.92 Å². The Bertz CT molecular complexity index is 258. The van der Waals surface area contributed by atoms with Crippen LogP contribution in [-0.2, 0) is 15.6 Å². The molecule has 0 spiro atoms. The lowest BCUT2D eigenvalue weighted by atomic mass is 9.95. The molecule has 1 rings (SSSR count). The third-order valence-corrected chi connectivity index (χ3v) is 3.87. The van der Waals surface area contributed by atoms with Crippen molar-refractivity contribution in [2.75, 3.05) is 18.6 Å². The number of hydrogen-bond acceptors (Lipinski definition) is 3. The normalized spacial score (nSPS) is 28.1. The van der Waals surface area contributed by atoms with E-state index in [0.29, 0.717) is 12.3 Å². The Morgan fingerprint density at radius 1 is 1.38 bits per heavy atom. The molecule has 5 heteroatoms. The Hall–Kier alpha value is -0.420. The fourth-order valence-corrected chi connectivity index (χ4v) is 2.50. The van der Waals surface area contributed by atoms with E-state index in [0.717, 1.165) is 25.7 Å². The maximum atomic E-state index is 11.9. The monoisotopic (exact) mass is 246 g/mol. The number of amides is 1. The summed E-state index contributed by atoms with van der Waals surface area (Å²) in [5.74, 6) is 0.515. The first-order chi connectivity index (χ1) is 7.61. The second-order valence-electron chi connectivity index (χ2n) is 4.48.